The van der Waals surface area contributed by atoms with E-state index in [1.54, 1.807) is 6.20 Å². The minimum atomic E-state index is -0.402. The van der Waals surface area contributed by atoms with Gasteiger partial charge in [-0.05, 0) is 23.8 Å². The van der Waals surface area contributed by atoms with Gasteiger partial charge in [-0.3, -0.25) is 4.98 Å². The highest BCUT2D eigenvalue weighted by Crippen LogP contribution is 2.36. The minimum Gasteiger partial charge on any atom is -0.485 e. The van der Waals surface area contributed by atoms with E-state index in [9.17, 15) is 0 Å². The molecule has 1 aliphatic heterocycles. The van der Waals surface area contributed by atoms with Crippen LogP contribution < -0.4 is 9.47 Å². The van der Waals surface area contributed by atoms with Crippen molar-refractivity contribution in [2.45, 2.75) is 17.1 Å². The molecule has 5 rings (SSSR count). The highest BCUT2D eigenvalue weighted by Gasteiger charge is 2.27. The maximum absolute atomic E-state index is 5.91. The largest absolute Gasteiger partial charge is 0.485 e. The summed E-state index contributed by atoms with van der Waals surface area (Å²) in [5.41, 5.74) is 2.12. The molecule has 27 heavy (non-hydrogen) atoms. The fourth-order valence-electron chi connectivity index (χ4n) is 2.97. The molecule has 0 saturated heterocycles. The lowest BCUT2D eigenvalue weighted by Gasteiger charge is -2.23. The van der Waals surface area contributed by atoms with Crippen LogP contribution in [0.5, 0.6) is 11.5 Å². The Kier molecular flexibility index (Phi) is 4.14. The standard InChI is InChI=1S/C20H15N3O3S/c1-2-9-16-15(8-1)24-11-17(25-16)19-22-23-20(26-19)27-12-14-6-3-5-13-7-4-10-21-18(13)14/h1-10,17H,11-12H2. The van der Waals surface area contributed by atoms with Gasteiger partial charge in [-0.25, -0.2) is 0 Å². The van der Waals surface area contributed by atoms with Crippen molar-refractivity contribution in [1.29, 1.82) is 0 Å². The number of hydrogen-bond acceptors (Lipinski definition) is 7. The van der Waals surface area contributed by atoms with E-state index in [-0.39, 0.29) is 0 Å². The zero-order chi connectivity index (χ0) is 18.1. The Bertz CT molecular complexity index is 1090. The van der Waals surface area contributed by atoms with Gasteiger partial charge in [-0.2, -0.15) is 0 Å². The third-order valence-corrected chi connectivity index (χ3v) is 5.14. The summed E-state index contributed by atoms with van der Waals surface area (Å²) in [7, 11) is 0. The molecule has 1 unspecified atom stereocenters. The second kappa shape index (κ2) is 6.92. The summed E-state index contributed by atoms with van der Waals surface area (Å²) in [6.45, 7) is 0.344. The highest BCUT2D eigenvalue weighted by molar-refractivity contribution is 7.98. The van der Waals surface area contributed by atoms with Crippen LogP contribution in [0.4, 0.5) is 0 Å². The number of pyridine rings is 1. The van der Waals surface area contributed by atoms with Crippen molar-refractivity contribution in [3.8, 4) is 11.5 Å². The zero-order valence-corrected chi connectivity index (χ0v) is 15.1. The van der Waals surface area contributed by atoms with E-state index in [0.29, 0.717) is 29.2 Å². The smallest absolute Gasteiger partial charge is 0.277 e. The van der Waals surface area contributed by atoms with Crippen LogP contribution >= 0.6 is 11.8 Å². The Labute approximate surface area is 159 Å². The van der Waals surface area contributed by atoms with Gasteiger partial charge >= 0.3 is 0 Å². The summed E-state index contributed by atoms with van der Waals surface area (Å²) in [6.07, 6.45) is 1.40. The SMILES string of the molecule is c1ccc2c(c1)OCC(c1nnc(SCc3cccc4cccnc34)o1)O2. The maximum Gasteiger partial charge on any atom is 0.277 e. The summed E-state index contributed by atoms with van der Waals surface area (Å²) in [4.78, 5) is 4.48. The van der Waals surface area contributed by atoms with Gasteiger partial charge in [0.05, 0.1) is 5.52 Å². The topological polar surface area (TPSA) is 70.3 Å². The molecule has 0 bridgehead atoms. The van der Waals surface area contributed by atoms with E-state index in [1.807, 2.05) is 36.4 Å². The van der Waals surface area contributed by atoms with Crippen LogP contribution in [-0.4, -0.2) is 21.8 Å². The van der Waals surface area contributed by atoms with E-state index < -0.39 is 6.10 Å². The second-order valence-electron chi connectivity index (χ2n) is 6.05. The summed E-state index contributed by atoms with van der Waals surface area (Å²) in [6, 6.07) is 17.7. The monoisotopic (exact) mass is 377 g/mol. The quantitative estimate of drug-likeness (QED) is 0.488. The van der Waals surface area contributed by atoms with Gasteiger partial charge in [0.15, 0.2) is 11.5 Å². The summed E-state index contributed by atoms with van der Waals surface area (Å²) >= 11 is 1.48. The number of aromatic nitrogens is 3. The first-order valence-electron chi connectivity index (χ1n) is 8.54. The lowest BCUT2D eigenvalue weighted by Crippen LogP contribution is -2.21. The van der Waals surface area contributed by atoms with Gasteiger partial charge in [0.2, 0.25) is 6.10 Å². The Balaban J connectivity index is 1.30. The van der Waals surface area contributed by atoms with Gasteiger partial charge in [-0.15, -0.1) is 10.2 Å². The fraction of sp³-hybridized carbons (Fsp3) is 0.150. The molecule has 0 spiro atoms. The summed E-state index contributed by atoms with van der Waals surface area (Å²) < 4.78 is 17.4. The number of nitrogens with zero attached hydrogens (tertiary/aromatic N) is 3. The number of ether oxygens (including phenoxy) is 2. The van der Waals surface area contributed by atoms with Crippen molar-refractivity contribution < 1.29 is 13.9 Å². The summed E-state index contributed by atoms with van der Waals surface area (Å²) in [5.74, 6) is 2.53. The molecule has 3 heterocycles. The predicted octanol–water partition coefficient (Wildman–Crippen LogP) is 4.42. The average Bonchev–Trinajstić information content (AvgIpc) is 3.21. The fourth-order valence-corrected chi connectivity index (χ4v) is 3.73. The van der Waals surface area contributed by atoms with E-state index in [1.165, 1.54) is 11.8 Å². The molecule has 6 nitrogen and oxygen atoms in total. The van der Waals surface area contributed by atoms with Gasteiger partial charge in [0.1, 0.15) is 6.61 Å². The van der Waals surface area contributed by atoms with E-state index >= 15 is 0 Å². The first kappa shape index (κ1) is 16.1. The molecule has 1 atom stereocenters. The molecule has 0 fully saturated rings. The van der Waals surface area contributed by atoms with Crippen molar-refractivity contribution >= 4 is 22.7 Å². The van der Waals surface area contributed by atoms with Crippen molar-refractivity contribution in [1.82, 2.24) is 15.2 Å². The van der Waals surface area contributed by atoms with Crippen molar-refractivity contribution in [3.63, 3.8) is 0 Å². The molecule has 2 aromatic carbocycles. The molecule has 0 radical (unpaired) electrons. The van der Waals surface area contributed by atoms with Crippen LogP contribution in [0.2, 0.25) is 0 Å². The van der Waals surface area contributed by atoms with Crippen LogP contribution in [0.1, 0.15) is 17.6 Å². The van der Waals surface area contributed by atoms with E-state index in [4.69, 9.17) is 13.9 Å². The van der Waals surface area contributed by atoms with Crippen LogP contribution in [0.3, 0.4) is 0 Å². The normalized spacial score (nSPS) is 15.8. The number of para-hydroxylation sites is 3. The summed E-state index contributed by atoms with van der Waals surface area (Å²) in [5, 5.41) is 9.88. The number of thioether (sulfide) groups is 1. The van der Waals surface area contributed by atoms with Gasteiger partial charge in [-0.1, -0.05) is 48.2 Å². The second-order valence-corrected chi connectivity index (χ2v) is 6.98. The van der Waals surface area contributed by atoms with Crippen LogP contribution in [0.15, 0.2) is 70.4 Å². The van der Waals surface area contributed by atoms with Gasteiger partial charge < -0.3 is 13.9 Å². The van der Waals surface area contributed by atoms with Crippen molar-refractivity contribution in [2.24, 2.45) is 0 Å². The zero-order valence-electron chi connectivity index (χ0n) is 14.2. The molecule has 134 valence electrons. The molecule has 1 aliphatic rings. The highest BCUT2D eigenvalue weighted by atomic mass is 32.2. The maximum atomic E-state index is 5.91. The van der Waals surface area contributed by atoms with Gasteiger partial charge in [0, 0.05) is 17.3 Å². The molecular formula is C20H15N3O3S. The number of hydrogen-bond donors (Lipinski definition) is 0. The third kappa shape index (κ3) is 3.21. The Morgan fingerprint density at radius 3 is 2.81 bits per heavy atom. The molecule has 4 aromatic rings. The van der Waals surface area contributed by atoms with Crippen molar-refractivity contribution in [3.05, 3.63) is 72.2 Å². The van der Waals surface area contributed by atoms with Crippen LogP contribution in [-0.2, 0) is 5.75 Å². The molecule has 0 saturated carbocycles. The Morgan fingerprint density at radius 2 is 1.85 bits per heavy atom. The lowest BCUT2D eigenvalue weighted by molar-refractivity contribution is 0.0686. The van der Waals surface area contributed by atoms with Crippen LogP contribution in [0.25, 0.3) is 10.9 Å². The Morgan fingerprint density at radius 1 is 0.963 bits per heavy atom. The average molecular weight is 377 g/mol. The van der Waals surface area contributed by atoms with E-state index in [2.05, 4.69) is 33.4 Å². The van der Waals surface area contributed by atoms with Crippen molar-refractivity contribution in [2.75, 3.05) is 6.61 Å². The number of fused-ring (bicyclic) bond motifs is 2. The molecule has 0 aliphatic carbocycles. The number of rotatable bonds is 4. The minimum absolute atomic E-state index is 0.344. The first-order valence-corrected chi connectivity index (χ1v) is 9.53. The van der Waals surface area contributed by atoms with Crippen LogP contribution in [0, 0.1) is 0 Å². The number of benzene rings is 2. The van der Waals surface area contributed by atoms with Gasteiger partial charge in [0.25, 0.3) is 11.1 Å². The van der Waals surface area contributed by atoms with E-state index in [0.717, 1.165) is 22.2 Å². The molecule has 0 amide bonds. The molecule has 7 heteroatoms. The molecule has 0 N–H and O–H groups in total. The Hall–Kier alpha value is -3.06. The first-order chi connectivity index (χ1) is 13.4. The third-order valence-electron chi connectivity index (χ3n) is 4.27. The lowest BCUT2D eigenvalue weighted by atomic mass is 10.1. The molecule has 2 aromatic heterocycles. The molecular weight excluding hydrogens is 362 g/mol. The predicted molar refractivity (Wildman–Crippen MR) is 101 cm³/mol.